The standard InChI is InChI=1S/C53H33N3S/c1-3-13-34(14-4-1)35-25-31-40(32-26-35)53-55-46(37-16-5-2-6-17-37)33-47(56-53)38-27-29-39(30-28-38)51-50-44-20-9-10-24-48(44)57-52(50)49-43(22-12-23-45(49)54-51)42-21-11-18-36-15-7-8-19-41(36)42/h1-33H. The molecule has 0 aliphatic heterocycles. The molecule has 0 saturated heterocycles. The SMILES string of the molecule is c1ccc(-c2ccc(-c3nc(-c4ccccc4)cc(-c4ccc(-c5nc6cccc(-c7cccc8ccccc78)c6c6sc7ccccc7c56)cc4)n3)cc2)cc1. The van der Waals surface area contributed by atoms with Crippen LogP contribution in [0.5, 0.6) is 0 Å². The summed E-state index contributed by atoms with van der Waals surface area (Å²) in [6, 6.07) is 70.7. The number of hydrogen-bond acceptors (Lipinski definition) is 4. The van der Waals surface area contributed by atoms with Gasteiger partial charge < -0.3 is 0 Å². The van der Waals surface area contributed by atoms with E-state index in [0.29, 0.717) is 5.82 Å². The van der Waals surface area contributed by atoms with Gasteiger partial charge in [0.25, 0.3) is 0 Å². The second-order valence-corrected chi connectivity index (χ2v) is 15.4. The molecule has 0 spiro atoms. The molecule has 4 heteroatoms. The Labute approximate surface area is 334 Å². The van der Waals surface area contributed by atoms with Crippen molar-refractivity contribution in [2.24, 2.45) is 0 Å². The highest BCUT2D eigenvalue weighted by Crippen LogP contribution is 2.46. The Hall–Kier alpha value is -7.27. The van der Waals surface area contributed by atoms with Gasteiger partial charge in [-0.25, -0.2) is 15.0 Å². The van der Waals surface area contributed by atoms with Crippen molar-refractivity contribution in [3.63, 3.8) is 0 Å². The normalized spacial score (nSPS) is 11.5. The molecule has 0 unspecified atom stereocenters. The molecule has 3 aromatic heterocycles. The van der Waals surface area contributed by atoms with E-state index < -0.39 is 0 Å². The molecule has 0 atom stereocenters. The number of pyridine rings is 1. The third-order valence-corrected chi connectivity index (χ3v) is 12.1. The first-order valence-electron chi connectivity index (χ1n) is 19.2. The molecule has 11 rings (SSSR count). The van der Waals surface area contributed by atoms with Gasteiger partial charge in [-0.2, -0.15) is 0 Å². The van der Waals surface area contributed by atoms with E-state index in [9.17, 15) is 0 Å². The largest absolute Gasteiger partial charge is 0.247 e. The molecule has 8 aromatic carbocycles. The third-order valence-electron chi connectivity index (χ3n) is 10.9. The van der Waals surface area contributed by atoms with E-state index in [0.717, 1.165) is 50.4 Å². The molecule has 266 valence electrons. The summed E-state index contributed by atoms with van der Waals surface area (Å²) < 4.78 is 2.51. The molecule has 0 bridgehead atoms. The molecule has 0 N–H and O–H groups in total. The van der Waals surface area contributed by atoms with Crippen LogP contribution in [0, 0.1) is 0 Å². The second kappa shape index (κ2) is 13.8. The summed E-state index contributed by atoms with van der Waals surface area (Å²) in [5.41, 5.74) is 12.6. The Balaban J connectivity index is 1.05. The molecule has 0 saturated carbocycles. The van der Waals surface area contributed by atoms with Gasteiger partial charge in [-0.15, -0.1) is 11.3 Å². The average molecular weight is 744 g/mol. The van der Waals surface area contributed by atoms with Crippen molar-refractivity contribution in [1.29, 1.82) is 0 Å². The summed E-state index contributed by atoms with van der Waals surface area (Å²) in [7, 11) is 0. The number of benzene rings is 8. The molecular weight excluding hydrogens is 711 g/mol. The van der Waals surface area contributed by atoms with Gasteiger partial charge in [-0.1, -0.05) is 182 Å². The lowest BCUT2D eigenvalue weighted by molar-refractivity contribution is 1.18. The Morgan fingerprint density at radius 2 is 0.895 bits per heavy atom. The van der Waals surface area contributed by atoms with Crippen LogP contribution in [0.15, 0.2) is 200 Å². The molecule has 0 radical (unpaired) electrons. The zero-order valence-electron chi connectivity index (χ0n) is 30.8. The van der Waals surface area contributed by atoms with Crippen molar-refractivity contribution in [3.8, 4) is 67.4 Å². The maximum absolute atomic E-state index is 5.48. The van der Waals surface area contributed by atoms with Crippen LogP contribution in [-0.2, 0) is 0 Å². The van der Waals surface area contributed by atoms with Gasteiger partial charge in [-0.3, -0.25) is 0 Å². The van der Waals surface area contributed by atoms with Crippen LogP contribution in [0.25, 0.3) is 109 Å². The van der Waals surface area contributed by atoms with Crippen LogP contribution in [0.3, 0.4) is 0 Å². The van der Waals surface area contributed by atoms with E-state index in [2.05, 4.69) is 188 Å². The molecule has 3 heterocycles. The summed E-state index contributed by atoms with van der Waals surface area (Å²) in [5, 5.41) is 6.10. The van der Waals surface area contributed by atoms with Gasteiger partial charge >= 0.3 is 0 Å². The first kappa shape index (κ1) is 33.1. The van der Waals surface area contributed by atoms with Gasteiger partial charge in [0.15, 0.2) is 5.82 Å². The predicted octanol–water partition coefficient (Wildman–Crippen LogP) is 14.5. The van der Waals surface area contributed by atoms with Crippen molar-refractivity contribution < 1.29 is 0 Å². The lowest BCUT2D eigenvalue weighted by atomic mass is 9.93. The minimum absolute atomic E-state index is 0.694. The van der Waals surface area contributed by atoms with Gasteiger partial charge in [0.1, 0.15) is 0 Å². The molecular formula is C53H33N3S. The van der Waals surface area contributed by atoms with Crippen LogP contribution in [-0.4, -0.2) is 15.0 Å². The second-order valence-electron chi connectivity index (χ2n) is 14.3. The quantitative estimate of drug-likeness (QED) is 0.170. The Morgan fingerprint density at radius 1 is 0.351 bits per heavy atom. The van der Waals surface area contributed by atoms with Crippen molar-refractivity contribution >= 4 is 53.2 Å². The lowest BCUT2D eigenvalue weighted by Gasteiger charge is -2.14. The maximum Gasteiger partial charge on any atom is 0.160 e. The predicted molar refractivity (Wildman–Crippen MR) is 240 cm³/mol. The zero-order chi connectivity index (χ0) is 37.7. The molecule has 3 nitrogen and oxygen atoms in total. The minimum Gasteiger partial charge on any atom is -0.247 e. The fourth-order valence-electron chi connectivity index (χ4n) is 8.12. The highest BCUT2D eigenvalue weighted by atomic mass is 32.1. The van der Waals surface area contributed by atoms with Crippen LogP contribution < -0.4 is 0 Å². The topological polar surface area (TPSA) is 38.7 Å². The van der Waals surface area contributed by atoms with E-state index in [1.165, 1.54) is 53.0 Å². The minimum atomic E-state index is 0.694. The van der Waals surface area contributed by atoms with Crippen LogP contribution >= 0.6 is 11.3 Å². The maximum atomic E-state index is 5.48. The van der Waals surface area contributed by atoms with Crippen LogP contribution in [0.1, 0.15) is 0 Å². The fourth-order valence-corrected chi connectivity index (χ4v) is 9.39. The number of rotatable bonds is 6. The molecule has 0 aliphatic rings. The molecule has 0 aliphatic carbocycles. The molecule has 0 amide bonds. The Bertz CT molecular complexity index is 3260. The molecule has 57 heavy (non-hydrogen) atoms. The number of fused-ring (bicyclic) bond motifs is 6. The van der Waals surface area contributed by atoms with Crippen molar-refractivity contribution in [3.05, 3.63) is 200 Å². The van der Waals surface area contributed by atoms with Crippen molar-refractivity contribution in [1.82, 2.24) is 15.0 Å². The van der Waals surface area contributed by atoms with Crippen molar-refractivity contribution in [2.75, 3.05) is 0 Å². The van der Waals surface area contributed by atoms with Gasteiger partial charge in [0.05, 0.1) is 22.6 Å². The van der Waals surface area contributed by atoms with Gasteiger partial charge in [0, 0.05) is 47.8 Å². The van der Waals surface area contributed by atoms with E-state index >= 15 is 0 Å². The van der Waals surface area contributed by atoms with E-state index in [1.807, 2.05) is 23.5 Å². The highest BCUT2D eigenvalue weighted by Gasteiger charge is 2.20. The number of nitrogens with zero attached hydrogens (tertiary/aromatic N) is 3. The van der Waals surface area contributed by atoms with E-state index in [1.54, 1.807) is 0 Å². The van der Waals surface area contributed by atoms with Crippen LogP contribution in [0.4, 0.5) is 0 Å². The Morgan fingerprint density at radius 3 is 1.67 bits per heavy atom. The molecule has 0 fully saturated rings. The summed E-state index contributed by atoms with van der Waals surface area (Å²) in [4.78, 5) is 15.7. The zero-order valence-corrected chi connectivity index (χ0v) is 31.6. The number of aromatic nitrogens is 3. The van der Waals surface area contributed by atoms with Crippen LogP contribution in [0.2, 0.25) is 0 Å². The van der Waals surface area contributed by atoms with Gasteiger partial charge in [-0.05, 0) is 51.2 Å². The monoisotopic (exact) mass is 743 g/mol. The summed E-state index contributed by atoms with van der Waals surface area (Å²) in [6.45, 7) is 0. The summed E-state index contributed by atoms with van der Waals surface area (Å²) >= 11 is 1.86. The number of hydrogen-bond donors (Lipinski definition) is 0. The van der Waals surface area contributed by atoms with Gasteiger partial charge in [0.2, 0.25) is 0 Å². The summed E-state index contributed by atoms with van der Waals surface area (Å²) in [5.74, 6) is 0.694. The lowest BCUT2D eigenvalue weighted by Crippen LogP contribution is -1.96. The van der Waals surface area contributed by atoms with E-state index in [4.69, 9.17) is 15.0 Å². The average Bonchev–Trinajstić information content (AvgIpc) is 3.69. The molecule has 11 aromatic rings. The van der Waals surface area contributed by atoms with Crippen molar-refractivity contribution in [2.45, 2.75) is 0 Å². The number of thiophene rings is 1. The smallest absolute Gasteiger partial charge is 0.160 e. The first-order chi connectivity index (χ1) is 28.2. The highest BCUT2D eigenvalue weighted by molar-refractivity contribution is 7.26. The third kappa shape index (κ3) is 5.86. The van der Waals surface area contributed by atoms with E-state index in [-0.39, 0.29) is 0 Å². The fraction of sp³-hybridized carbons (Fsp3) is 0. The summed E-state index contributed by atoms with van der Waals surface area (Å²) in [6.07, 6.45) is 0. The Kier molecular flexibility index (Phi) is 8.01. The first-order valence-corrected chi connectivity index (χ1v) is 20.0.